The van der Waals surface area contributed by atoms with Gasteiger partial charge >= 0.3 is 0 Å². The minimum absolute atomic E-state index is 0.137. The highest BCUT2D eigenvalue weighted by Crippen LogP contribution is 2.34. The SMILES string of the molecule is COc1ccc(S(=O)(=O)N2CCCCCC2)cc1NC(=O)C1CCCN(C(=O)C2CC2)C1. The van der Waals surface area contributed by atoms with E-state index in [9.17, 15) is 18.0 Å². The van der Waals surface area contributed by atoms with Gasteiger partial charge in [0.25, 0.3) is 0 Å². The predicted molar refractivity (Wildman–Crippen MR) is 121 cm³/mol. The van der Waals surface area contributed by atoms with Crippen LogP contribution in [0.4, 0.5) is 5.69 Å². The Morgan fingerprint density at radius 1 is 0.969 bits per heavy atom. The van der Waals surface area contributed by atoms with Gasteiger partial charge in [0.1, 0.15) is 5.75 Å². The Bertz CT molecular complexity index is 952. The lowest BCUT2D eigenvalue weighted by Crippen LogP contribution is -2.44. The summed E-state index contributed by atoms with van der Waals surface area (Å²) >= 11 is 0. The van der Waals surface area contributed by atoms with Gasteiger partial charge < -0.3 is 15.0 Å². The average Bonchev–Trinajstić information content (AvgIpc) is 3.66. The first kappa shape index (κ1) is 23.0. The van der Waals surface area contributed by atoms with Gasteiger partial charge in [-0.05, 0) is 56.7 Å². The number of piperidine rings is 1. The van der Waals surface area contributed by atoms with Gasteiger partial charge in [-0.2, -0.15) is 4.31 Å². The number of amides is 2. The van der Waals surface area contributed by atoms with Crippen LogP contribution < -0.4 is 10.1 Å². The lowest BCUT2D eigenvalue weighted by molar-refractivity contribution is -0.135. The zero-order valence-electron chi connectivity index (χ0n) is 18.7. The molecule has 2 amide bonds. The van der Waals surface area contributed by atoms with Crippen LogP contribution in [0.5, 0.6) is 5.75 Å². The number of likely N-dealkylation sites (tertiary alicyclic amines) is 1. The summed E-state index contributed by atoms with van der Waals surface area (Å²) in [7, 11) is -2.15. The fourth-order valence-electron chi connectivity index (χ4n) is 4.59. The van der Waals surface area contributed by atoms with Crippen molar-refractivity contribution in [2.45, 2.75) is 56.3 Å². The third-order valence-electron chi connectivity index (χ3n) is 6.66. The summed E-state index contributed by atoms with van der Waals surface area (Å²) in [4.78, 5) is 27.4. The van der Waals surface area contributed by atoms with Gasteiger partial charge in [0.15, 0.2) is 0 Å². The first-order valence-electron chi connectivity index (χ1n) is 11.7. The lowest BCUT2D eigenvalue weighted by atomic mass is 9.96. The van der Waals surface area contributed by atoms with Crippen LogP contribution in [0.3, 0.4) is 0 Å². The number of anilines is 1. The van der Waals surface area contributed by atoms with Gasteiger partial charge in [0, 0.05) is 32.1 Å². The molecule has 2 heterocycles. The van der Waals surface area contributed by atoms with Crippen molar-refractivity contribution in [1.29, 1.82) is 0 Å². The number of carbonyl (C=O) groups is 2. The first-order chi connectivity index (χ1) is 15.4. The van der Waals surface area contributed by atoms with Gasteiger partial charge in [0.05, 0.1) is 23.6 Å². The van der Waals surface area contributed by atoms with Crippen LogP contribution >= 0.6 is 0 Å². The largest absolute Gasteiger partial charge is 0.495 e. The zero-order chi connectivity index (χ0) is 22.7. The van der Waals surface area contributed by atoms with Crippen molar-refractivity contribution in [3.05, 3.63) is 18.2 Å². The third-order valence-corrected chi connectivity index (χ3v) is 8.56. The van der Waals surface area contributed by atoms with Crippen LogP contribution in [0.1, 0.15) is 51.4 Å². The van der Waals surface area contributed by atoms with Crippen LogP contribution in [0.15, 0.2) is 23.1 Å². The second-order valence-electron chi connectivity index (χ2n) is 9.07. The number of ether oxygens (including phenoxy) is 1. The standard InChI is InChI=1S/C23H33N3O5S/c1-31-21-11-10-19(32(29,30)26-13-4-2-3-5-14-26)15-20(21)24-22(27)18-7-6-12-25(16-18)23(28)17-8-9-17/h10-11,15,17-18H,2-9,12-14,16H2,1H3,(H,24,27). The second-order valence-corrected chi connectivity index (χ2v) is 11.0. The quantitative estimate of drug-likeness (QED) is 0.700. The van der Waals surface area contributed by atoms with E-state index < -0.39 is 10.0 Å². The third kappa shape index (κ3) is 5.09. The fourth-order valence-corrected chi connectivity index (χ4v) is 6.13. The molecule has 1 aliphatic carbocycles. The highest BCUT2D eigenvalue weighted by atomic mass is 32.2. The molecule has 3 fully saturated rings. The molecule has 4 rings (SSSR count). The van der Waals surface area contributed by atoms with E-state index in [4.69, 9.17) is 4.74 Å². The van der Waals surface area contributed by atoms with Gasteiger partial charge in [-0.25, -0.2) is 8.42 Å². The maximum atomic E-state index is 13.2. The molecule has 1 N–H and O–H groups in total. The average molecular weight is 464 g/mol. The van der Waals surface area contributed by atoms with E-state index in [2.05, 4.69) is 5.32 Å². The van der Waals surface area contributed by atoms with Crippen molar-refractivity contribution in [2.75, 3.05) is 38.6 Å². The minimum atomic E-state index is -3.64. The molecule has 1 unspecified atom stereocenters. The highest BCUT2D eigenvalue weighted by Gasteiger charge is 2.37. The molecule has 2 aliphatic heterocycles. The summed E-state index contributed by atoms with van der Waals surface area (Å²) in [6.45, 7) is 2.15. The maximum Gasteiger partial charge on any atom is 0.243 e. The van der Waals surface area contributed by atoms with Crippen molar-refractivity contribution in [3.8, 4) is 5.75 Å². The molecule has 1 atom stereocenters. The summed E-state index contributed by atoms with van der Waals surface area (Å²) in [5, 5.41) is 2.88. The molecule has 32 heavy (non-hydrogen) atoms. The van der Waals surface area contributed by atoms with Crippen molar-refractivity contribution in [3.63, 3.8) is 0 Å². The van der Waals surface area contributed by atoms with Gasteiger partial charge in [-0.3, -0.25) is 9.59 Å². The molecule has 176 valence electrons. The summed E-state index contributed by atoms with van der Waals surface area (Å²) in [6.07, 6.45) is 7.18. The van der Waals surface area contributed by atoms with Crippen LogP contribution in [-0.4, -0.2) is 62.7 Å². The van der Waals surface area contributed by atoms with E-state index in [0.717, 1.165) is 44.9 Å². The fraction of sp³-hybridized carbons (Fsp3) is 0.652. The Kier molecular flexibility index (Phi) is 7.05. The van der Waals surface area contributed by atoms with E-state index in [1.54, 1.807) is 6.07 Å². The Morgan fingerprint density at radius 2 is 1.69 bits per heavy atom. The summed E-state index contributed by atoms with van der Waals surface area (Å²) < 4.78 is 33.3. The molecule has 9 heteroatoms. The summed E-state index contributed by atoms with van der Waals surface area (Å²) in [5.41, 5.74) is 0.346. The monoisotopic (exact) mass is 463 g/mol. The molecule has 0 radical (unpaired) electrons. The molecule has 1 aromatic rings. The number of hydrogen-bond donors (Lipinski definition) is 1. The maximum absolute atomic E-state index is 13.2. The van der Waals surface area contributed by atoms with Crippen molar-refractivity contribution < 1.29 is 22.7 Å². The zero-order valence-corrected chi connectivity index (χ0v) is 19.5. The van der Waals surface area contributed by atoms with Crippen molar-refractivity contribution >= 4 is 27.5 Å². The predicted octanol–water partition coefficient (Wildman–Crippen LogP) is 2.85. The Balaban J connectivity index is 1.50. The normalized spacial score (nSPS) is 22.8. The lowest BCUT2D eigenvalue weighted by Gasteiger charge is -2.32. The molecule has 0 bridgehead atoms. The molecular weight excluding hydrogens is 430 g/mol. The number of carbonyl (C=O) groups excluding carboxylic acids is 2. The molecular formula is C23H33N3O5S. The molecule has 3 aliphatic rings. The molecule has 0 spiro atoms. The number of nitrogens with one attached hydrogen (secondary N) is 1. The van der Waals surface area contributed by atoms with Crippen LogP contribution in [0, 0.1) is 11.8 Å². The van der Waals surface area contributed by atoms with Crippen LogP contribution in [-0.2, 0) is 19.6 Å². The van der Waals surface area contributed by atoms with Gasteiger partial charge in [-0.15, -0.1) is 0 Å². The number of benzene rings is 1. The minimum Gasteiger partial charge on any atom is -0.495 e. The molecule has 1 saturated carbocycles. The molecule has 2 saturated heterocycles. The number of rotatable bonds is 6. The van der Waals surface area contributed by atoms with E-state index in [1.165, 1.54) is 23.5 Å². The molecule has 8 nitrogen and oxygen atoms in total. The number of sulfonamides is 1. The van der Waals surface area contributed by atoms with E-state index in [1.807, 2.05) is 4.90 Å². The number of hydrogen-bond acceptors (Lipinski definition) is 5. The molecule has 1 aromatic carbocycles. The molecule has 0 aromatic heterocycles. The van der Waals surface area contributed by atoms with Crippen LogP contribution in [0.25, 0.3) is 0 Å². The number of nitrogens with zero attached hydrogens (tertiary/aromatic N) is 2. The highest BCUT2D eigenvalue weighted by molar-refractivity contribution is 7.89. The van der Waals surface area contributed by atoms with Gasteiger partial charge in [-0.1, -0.05) is 12.8 Å². The van der Waals surface area contributed by atoms with Crippen molar-refractivity contribution in [2.24, 2.45) is 11.8 Å². The Morgan fingerprint density at radius 3 is 2.34 bits per heavy atom. The number of methoxy groups -OCH3 is 1. The Labute approximate surface area is 190 Å². The smallest absolute Gasteiger partial charge is 0.243 e. The van der Waals surface area contributed by atoms with E-state index in [0.29, 0.717) is 44.0 Å². The van der Waals surface area contributed by atoms with E-state index >= 15 is 0 Å². The topological polar surface area (TPSA) is 96.0 Å². The summed E-state index contributed by atoms with van der Waals surface area (Å²) in [5.74, 6) is 0.182. The Hall–Kier alpha value is -2.13. The first-order valence-corrected chi connectivity index (χ1v) is 13.1. The van der Waals surface area contributed by atoms with Crippen LogP contribution in [0.2, 0.25) is 0 Å². The second kappa shape index (κ2) is 9.79. The van der Waals surface area contributed by atoms with E-state index in [-0.39, 0.29) is 28.5 Å². The van der Waals surface area contributed by atoms with Crippen molar-refractivity contribution in [1.82, 2.24) is 9.21 Å². The summed E-state index contributed by atoms with van der Waals surface area (Å²) in [6, 6.07) is 4.61. The van der Waals surface area contributed by atoms with Gasteiger partial charge in [0.2, 0.25) is 21.8 Å².